The summed E-state index contributed by atoms with van der Waals surface area (Å²) in [5.74, 6) is -0.901. The average Bonchev–Trinajstić information content (AvgIpc) is 3.26. The molecule has 24 heavy (non-hydrogen) atoms. The van der Waals surface area contributed by atoms with Crippen molar-refractivity contribution in [3.63, 3.8) is 0 Å². The number of rotatable bonds is 5. The lowest BCUT2D eigenvalue weighted by Crippen LogP contribution is -2.41. The third kappa shape index (κ3) is 3.52. The Bertz CT molecular complexity index is 884. The minimum absolute atomic E-state index is 0.0187. The highest BCUT2D eigenvalue weighted by molar-refractivity contribution is 7.12. The predicted molar refractivity (Wildman–Crippen MR) is 91.8 cm³/mol. The van der Waals surface area contributed by atoms with E-state index in [0.29, 0.717) is 10.4 Å². The molecule has 0 saturated carbocycles. The normalized spacial score (nSPS) is 10.5. The number of para-hydroxylation sites is 1. The lowest BCUT2D eigenvalue weighted by atomic mass is 10.2. The van der Waals surface area contributed by atoms with Gasteiger partial charge in [-0.2, -0.15) is 0 Å². The van der Waals surface area contributed by atoms with E-state index in [1.54, 1.807) is 18.3 Å². The maximum Gasteiger partial charge on any atom is 0.271 e. The quantitative estimate of drug-likeness (QED) is 0.492. The molecular weight excluding hydrogens is 326 g/mol. The summed E-state index contributed by atoms with van der Waals surface area (Å²) in [6.45, 7) is 0. The van der Waals surface area contributed by atoms with Crippen molar-refractivity contribution >= 4 is 39.8 Å². The average molecular weight is 341 g/mol. The smallest absolute Gasteiger partial charge is 0.271 e. The molecule has 122 valence electrons. The molecule has 0 bridgehead atoms. The second kappa shape index (κ2) is 7.10. The van der Waals surface area contributed by atoms with Gasteiger partial charge in [-0.1, -0.05) is 24.3 Å². The van der Waals surface area contributed by atoms with Crippen molar-refractivity contribution in [2.75, 3.05) is 0 Å². The Kier molecular flexibility index (Phi) is 4.72. The number of nitrogens with one attached hydrogen (secondary N) is 3. The van der Waals surface area contributed by atoms with E-state index in [1.165, 1.54) is 11.3 Å². The van der Waals surface area contributed by atoms with Crippen LogP contribution in [0.3, 0.4) is 0 Å². The van der Waals surface area contributed by atoms with Gasteiger partial charge in [-0.15, -0.1) is 11.3 Å². The number of hydrazine groups is 1. The SMILES string of the molecule is O=C(CCC(=O)c1cccs1)NNC(=O)c1c[nH]c2ccccc12. The summed E-state index contributed by atoms with van der Waals surface area (Å²) in [6.07, 6.45) is 1.71. The maximum atomic E-state index is 12.1. The molecule has 0 unspecified atom stereocenters. The molecule has 2 amide bonds. The molecule has 2 heterocycles. The number of carbonyl (C=O) groups excluding carboxylic acids is 3. The standard InChI is InChI=1S/C17H15N3O3S/c21-14(15-6-3-9-24-15)7-8-16(22)19-20-17(23)12-10-18-13-5-2-1-4-11(12)13/h1-6,9-10,18H,7-8H2,(H,19,22)(H,20,23). The second-order valence-electron chi connectivity index (χ2n) is 5.15. The van der Waals surface area contributed by atoms with Crippen LogP contribution in [0.1, 0.15) is 32.9 Å². The third-order valence-electron chi connectivity index (χ3n) is 3.52. The first-order valence-corrected chi connectivity index (χ1v) is 8.25. The third-order valence-corrected chi connectivity index (χ3v) is 4.44. The van der Waals surface area contributed by atoms with Crippen LogP contribution in [0.2, 0.25) is 0 Å². The van der Waals surface area contributed by atoms with Crippen molar-refractivity contribution in [1.82, 2.24) is 15.8 Å². The van der Waals surface area contributed by atoms with Gasteiger partial charge in [0.15, 0.2) is 5.78 Å². The molecule has 3 N–H and O–H groups in total. The number of Topliss-reactive ketones (excluding diaryl/α,β-unsaturated/α-hetero) is 1. The van der Waals surface area contributed by atoms with E-state index < -0.39 is 11.8 Å². The Balaban J connectivity index is 1.51. The molecule has 0 aliphatic carbocycles. The minimum atomic E-state index is -0.412. The van der Waals surface area contributed by atoms with Crippen molar-refractivity contribution < 1.29 is 14.4 Å². The van der Waals surface area contributed by atoms with E-state index in [9.17, 15) is 14.4 Å². The summed E-state index contributed by atoms with van der Waals surface area (Å²) in [4.78, 5) is 39.4. The topological polar surface area (TPSA) is 91.1 Å². The Morgan fingerprint density at radius 2 is 1.83 bits per heavy atom. The van der Waals surface area contributed by atoms with Crippen LogP contribution in [0.25, 0.3) is 10.9 Å². The summed E-state index contributed by atoms with van der Waals surface area (Å²) < 4.78 is 0. The fourth-order valence-corrected chi connectivity index (χ4v) is 3.00. The number of carbonyl (C=O) groups is 3. The van der Waals surface area contributed by atoms with Crippen molar-refractivity contribution in [3.05, 3.63) is 58.4 Å². The van der Waals surface area contributed by atoms with Crippen molar-refractivity contribution in [2.24, 2.45) is 0 Å². The van der Waals surface area contributed by atoms with E-state index in [1.807, 2.05) is 29.6 Å². The highest BCUT2D eigenvalue weighted by atomic mass is 32.1. The first kappa shape index (κ1) is 15.9. The highest BCUT2D eigenvalue weighted by Crippen LogP contribution is 2.17. The Hall–Kier alpha value is -2.93. The molecule has 0 aliphatic heterocycles. The molecule has 3 rings (SSSR count). The summed E-state index contributed by atoms with van der Waals surface area (Å²) in [6, 6.07) is 10.9. The van der Waals surface area contributed by atoms with E-state index in [4.69, 9.17) is 0 Å². The number of hydrogen-bond acceptors (Lipinski definition) is 4. The van der Waals surface area contributed by atoms with Crippen LogP contribution in [0.4, 0.5) is 0 Å². The van der Waals surface area contributed by atoms with Gasteiger partial charge < -0.3 is 4.98 Å². The molecular formula is C17H15N3O3S. The maximum absolute atomic E-state index is 12.1. The monoisotopic (exact) mass is 341 g/mol. The van der Waals surface area contributed by atoms with Crippen LogP contribution in [0, 0.1) is 0 Å². The highest BCUT2D eigenvalue weighted by Gasteiger charge is 2.13. The van der Waals surface area contributed by atoms with Crippen molar-refractivity contribution in [2.45, 2.75) is 12.8 Å². The molecule has 0 spiro atoms. The summed E-state index contributed by atoms with van der Waals surface area (Å²) in [5.41, 5.74) is 5.99. The molecule has 3 aromatic rings. The van der Waals surface area contributed by atoms with Crippen LogP contribution >= 0.6 is 11.3 Å². The van der Waals surface area contributed by atoms with E-state index >= 15 is 0 Å². The van der Waals surface area contributed by atoms with Gasteiger partial charge in [-0.25, -0.2) is 0 Å². The zero-order valence-electron chi connectivity index (χ0n) is 12.7. The molecule has 0 atom stereocenters. The lowest BCUT2D eigenvalue weighted by molar-refractivity contribution is -0.121. The number of benzene rings is 1. The van der Waals surface area contributed by atoms with Crippen LogP contribution < -0.4 is 10.9 Å². The molecule has 6 nitrogen and oxygen atoms in total. The molecule has 0 aliphatic rings. The predicted octanol–water partition coefficient (Wildman–Crippen LogP) is 2.65. The van der Waals surface area contributed by atoms with Crippen molar-refractivity contribution in [1.29, 1.82) is 0 Å². The van der Waals surface area contributed by atoms with E-state index in [-0.39, 0.29) is 18.6 Å². The lowest BCUT2D eigenvalue weighted by Gasteiger charge is -2.06. The number of thiophene rings is 1. The minimum Gasteiger partial charge on any atom is -0.360 e. The Morgan fingerprint density at radius 3 is 2.62 bits per heavy atom. The van der Waals surface area contributed by atoms with Crippen molar-refractivity contribution in [3.8, 4) is 0 Å². The number of aromatic amines is 1. The van der Waals surface area contributed by atoms with Gasteiger partial charge >= 0.3 is 0 Å². The van der Waals surface area contributed by atoms with Gasteiger partial charge in [-0.05, 0) is 17.5 Å². The number of ketones is 1. The molecule has 0 fully saturated rings. The van der Waals surface area contributed by atoms with Crippen LogP contribution in [0.15, 0.2) is 48.0 Å². The zero-order valence-corrected chi connectivity index (χ0v) is 13.5. The number of H-pyrrole nitrogens is 1. The summed E-state index contributed by atoms with van der Waals surface area (Å²) in [7, 11) is 0. The van der Waals surface area contributed by atoms with Gasteiger partial charge in [0.1, 0.15) is 0 Å². The molecule has 0 radical (unpaired) electrons. The van der Waals surface area contributed by atoms with Gasteiger partial charge in [0, 0.05) is 29.9 Å². The molecule has 2 aromatic heterocycles. The van der Waals surface area contributed by atoms with E-state index in [0.717, 1.165) is 10.9 Å². The number of fused-ring (bicyclic) bond motifs is 1. The van der Waals surface area contributed by atoms with Gasteiger partial charge in [0.2, 0.25) is 5.91 Å². The van der Waals surface area contributed by atoms with Gasteiger partial charge in [0.05, 0.1) is 10.4 Å². The fraction of sp³-hybridized carbons (Fsp3) is 0.118. The first-order valence-electron chi connectivity index (χ1n) is 7.37. The number of aromatic nitrogens is 1. The summed E-state index contributed by atoms with van der Waals surface area (Å²) in [5, 5.41) is 2.59. The van der Waals surface area contributed by atoms with Crippen LogP contribution in [0.5, 0.6) is 0 Å². The molecule has 1 aromatic carbocycles. The molecule has 0 saturated heterocycles. The molecule has 7 heteroatoms. The van der Waals surface area contributed by atoms with Crippen LogP contribution in [-0.2, 0) is 4.79 Å². The number of hydrogen-bond donors (Lipinski definition) is 3. The zero-order chi connectivity index (χ0) is 16.9. The van der Waals surface area contributed by atoms with E-state index in [2.05, 4.69) is 15.8 Å². The summed E-state index contributed by atoms with van der Waals surface area (Å²) >= 11 is 1.35. The first-order chi connectivity index (χ1) is 11.6. The van der Waals surface area contributed by atoms with Gasteiger partial charge in [0.25, 0.3) is 5.91 Å². The largest absolute Gasteiger partial charge is 0.360 e. The van der Waals surface area contributed by atoms with Crippen LogP contribution in [-0.4, -0.2) is 22.6 Å². The fourth-order valence-electron chi connectivity index (χ4n) is 2.30. The Labute approximate surface area is 141 Å². The van der Waals surface area contributed by atoms with Gasteiger partial charge in [-0.3, -0.25) is 25.2 Å². The number of amides is 2. The second-order valence-corrected chi connectivity index (χ2v) is 6.10. The Morgan fingerprint density at radius 1 is 1.00 bits per heavy atom.